The maximum atomic E-state index is 13.3. The van der Waals surface area contributed by atoms with Crippen LogP contribution in [0.15, 0.2) is 109 Å². The average Bonchev–Trinajstić information content (AvgIpc) is 3.26. The van der Waals surface area contributed by atoms with Crippen molar-refractivity contribution >= 4 is 40.2 Å². The number of Topliss-reactive ketones (excluding diaryl/α,β-unsaturated/α-hetero) is 1. The number of hydrogen-bond donors (Lipinski definition) is 0. The summed E-state index contributed by atoms with van der Waals surface area (Å²) in [5, 5.41) is 0.596. The van der Waals surface area contributed by atoms with Crippen LogP contribution in [-0.2, 0) is 4.74 Å². The van der Waals surface area contributed by atoms with Crippen molar-refractivity contribution in [2.24, 2.45) is 0 Å². The van der Waals surface area contributed by atoms with E-state index in [1.54, 1.807) is 104 Å². The molecular weight excluding hydrogens is 504 g/mol. The Balaban J connectivity index is 1.30. The third kappa shape index (κ3) is 4.33. The number of imide groups is 1. The Bertz CT molecular complexity index is 1780. The van der Waals surface area contributed by atoms with Crippen LogP contribution in [0.25, 0.3) is 22.2 Å². The Hall–Kier alpha value is -5.43. The van der Waals surface area contributed by atoms with Crippen molar-refractivity contribution in [1.82, 2.24) is 4.98 Å². The van der Waals surface area contributed by atoms with E-state index in [-0.39, 0.29) is 23.2 Å². The molecule has 7 heteroatoms. The number of carbonyl (C=O) groups excluding carboxylic acids is 4. The predicted octanol–water partition coefficient (Wildman–Crippen LogP) is 6.13. The second-order valence-electron chi connectivity index (χ2n) is 9.39. The number of fused-ring (bicyclic) bond motifs is 2. The molecule has 1 aromatic heterocycles. The van der Waals surface area contributed by atoms with Crippen molar-refractivity contribution in [3.63, 3.8) is 0 Å². The summed E-state index contributed by atoms with van der Waals surface area (Å²) in [5.41, 5.74) is 3.67. The molecule has 0 radical (unpaired) electrons. The Morgan fingerprint density at radius 1 is 0.750 bits per heavy atom. The van der Waals surface area contributed by atoms with Crippen LogP contribution in [0.4, 0.5) is 5.69 Å². The Morgan fingerprint density at radius 3 is 2.02 bits per heavy atom. The molecule has 0 aliphatic carbocycles. The van der Waals surface area contributed by atoms with Crippen LogP contribution in [0.5, 0.6) is 0 Å². The molecule has 5 aromatic rings. The number of para-hydroxylation sites is 1. The lowest BCUT2D eigenvalue weighted by Gasteiger charge is -2.16. The van der Waals surface area contributed by atoms with E-state index in [9.17, 15) is 19.2 Å². The van der Waals surface area contributed by atoms with Crippen LogP contribution >= 0.6 is 0 Å². The molecule has 0 bridgehead atoms. The maximum Gasteiger partial charge on any atom is 0.339 e. The number of benzene rings is 4. The van der Waals surface area contributed by atoms with Gasteiger partial charge in [0.25, 0.3) is 11.8 Å². The molecule has 1 atom stereocenters. The lowest BCUT2D eigenvalue weighted by molar-refractivity contribution is 0.0320. The van der Waals surface area contributed by atoms with E-state index in [0.29, 0.717) is 44.5 Å². The van der Waals surface area contributed by atoms with Gasteiger partial charge in [-0.25, -0.2) is 14.7 Å². The van der Waals surface area contributed by atoms with Gasteiger partial charge in [-0.05, 0) is 43.3 Å². The van der Waals surface area contributed by atoms with Crippen molar-refractivity contribution in [3.8, 4) is 11.3 Å². The number of ether oxygens (including phenoxy) is 1. The molecule has 194 valence electrons. The number of rotatable bonds is 6. The molecule has 0 saturated carbocycles. The van der Waals surface area contributed by atoms with Gasteiger partial charge in [0, 0.05) is 16.5 Å². The zero-order valence-corrected chi connectivity index (χ0v) is 21.4. The number of ketones is 1. The van der Waals surface area contributed by atoms with Crippen molar-refractivity contribution in [3.05, 3.63) is 131 Å². The molecule has 0 saturated heterocycles. The zero-order chi connectivity index (χ0) is 27.8. The van der Waals surface area contributed by atoms with Crippen LogP contribution < -0.4 is 4.90 Å². The Morgan fingerprint density at radius 2 is 1.35 bits per heavy atom. The molecule has 40 heavy (non-hydrogen) atoms. The van der Waals surface area contributed by atoms with Gasteiger partial charge >= 0.3 is 5.97 Å². The number of aromatic nitrogens is 1. The summed E-state index contributed by atoms with van der Waals surface area (Å²) in [5.74, 6) is -1.68. The fraction of sp³-hybridized carbons (Fsp3) is 0.0606. The van der Waals surface area contributed by atoms with Crippen LogP contribution in [0, 0.1) is 0 Å². The highest BCUT2D eigenvalue weighted by Gasteiger charge is 2.36. The zero-order valence-electron chi connectivity index (χ0n) is 21.4. The minimum absolute atomic E-state index is 0.276. The minimum atomic E-state index is -0.982. The summed E-state index contributed by atoms with van der Waals surface area (Å²) in [6, 6.07) is 31.0. The SMILES string of the molecule is CC(OC(=O)c1cc(-c2ccc(N3C(=O)c4ccccc4C3=O)cc2)nc2ccccc12)C(=O)c1ccccc1. The Labute approximate surface area is 229 Å². The summed E-state index contributed by atoms with van der Waals surface area (Å²) >= 11 is 0. The highest BCUT2D eigenvalue weighted by Crippen LogP contribution is 2.31. The normalized spacial score (nSPS) is 13.3. The van der Waals surface area contributed by atoms with Crippen molar-refractivity contribution in [2.75, 3.05) is 4.90 Å². The molecule has 4 aromatic carbocycles. The standard InChI is InChI=1S/C33H22N2O5/c1-20(30(36)22-9-3-2-4-10-22)40-33(39)27-19-29(34-28-14-8-7-11-24(27)28)21-15-17-23(18-16-21)35-31(37)25-12-5-6-13-26(25)32(35)38/h2-20H,1H3. The van der Waals surface area contributed by atoms with Crippen molar-refractivity contribution in [2.45, 2.75) is 13.0 Å². The number of hydrogen-bond acceptors (Lipinski definition) is 6. The summed E-state index contributed by atoms with van der Waals surface area (Å²) in [6.07, 6.45) is -0.982. The lowest BCUT2D eigenvalue weighted by Crippen LogP contribution is -2.29. The predicted molar refractivity (Wildman–Crippen MR) is 150 cm³/mol. The number of nitrogens with zero attached hydrogens (tertiary/aromatic N) is 2. The van der Waals surface area contributed by atoms with Crippen molar-refractivity contribution in [1.29, 1.82) is 0 Å². The summed E-state index contributed by atoms with van der Waals surface area (Å²) in [6.45, 7) is 1.55. The van der Waals surface area contributed by atoms with Gasteiger partial charge in [0.05, 0.1) is 33.6 Å². The van der Waals surface area contributed by atoms with Crippen LogP contribution in [0.1, 0.15) is 48.4 Å². The van der Waals surface area contributed by atoms with Gasteiger partial charge in [0.15, 0.2) is 6.10 Å². The molecule has 0 fully saturated rings. The summed E-state index contributed by atoms with van der Waals surface area (Å²) in [7, 11) is 0. The summed E-state index contributed by atoms with van der Waals surface area (Å²) in [4.78, 5) is 57.7. The molecular formula is C33H22N2O5. The first-order chi connectivity index (χ1) is 19.4. The average molecular weight is 527 g/mol. The number of esters is 1. The number of amides is 2. The van der Waals surface area contributed by atoms with Crippen LogP contribution in [0.2, 0.25) is 0 Å². The fourth-order valence-corrected chi connectivity index (χ4v) is 4.81. The topological polar surface area (TPSA) is 93.6 Å². The second-order valence-corrected chi connectivity index (χ2v) is 9.39. The first-order valence-corrected chi connectivity index (χ1v) is 12.7. The van der Waals surface area contributed by atoms with Crippen molar-refractivity contribution < 1.29 is 23.9 Å². The largest absolute Gasteiger partial charge is 0.451 e. The third-order valence-electron chi connectivity index (χ3n) is 6.86. The van der Waals surface area contributed by atoms with Crippen LogP contribution in [0.3, 0.4) is 0 Å². The maximum absolute atomic E-state index is 13.3. The molecule has 2 amide bonds. The molecule has 7 nitrogen and oxygen atoms in total. The smallest absolute Gasteiger partial charge is 0.339 e. The molecule has 0 spiro atoms. The highest BCUT2D eigenvalue weighted by molar-refractivity contribution is 6.34. The monoisotopic (exact) mass is 526 g/mol. The van der Waals surface area contributed by atoms with E-state index >= 15 is 0 Å². The third-order valence-corrected chi connectivity index (χ3v) is 6.86. The summed E-state index contributed by atoms with van der Waals surface area (Å²) < 4.78 is 5.59. The molecule has 1 aliphatic rings. The fourth-order valence-electron chi connectivity index (χ4n) is 4.81. The van der Waals surface area contributed by atoms with E-state index < -0.39 is 12.1 Å². The van der Waals surface area contributed by atoms with E-state index in [4.69, 9.17) is 9.72 Å². The number of pyridine rings is 1. The van der Waals surface area contributed by atoms with E-state index in [0.717, 1.165) is 4.90 Å². The number of carbonyl (C=O) groups is 4. The molecule has 6 rings (SSSR count). The second kappa shape index (κ2) is 10.0. The molecule has 1 unspecified atom stereocenters. The van der Waals surface area contributed by atoms with Gasteiger partial charge in [-0.3, -0.25) is 14.4 Å². The molecule has 0 N–H and O–H groups in total. The van der Waals surface area contributed by atoms with Gasteiger partial charge in [-0.2, -0.15) is 0 Å². The van der Waals surface area contributed by atoms with Gasteiger partial charge in [-0.15, -0.1) is 0 Å². The van der Waals surface area contributed by atoms with Gasteiger partial charge in [-0.1, -0.05) is 72.8 Å². The van der Waals surface area contributed by atoms with E-state index in [1.165, 1.54) is 0 Å². The van der Waals surface area contributed by atoms with E-state index in [2.05, 4.69) is 0 Å². The van der Waals surface area contributed by atoms with Gasteiger partial charge < -0.3 is 4.74 Å². The molecule has 2 heterocycles. The Kier molecular flexibility index (Phi) is 6.24. The van der Waals surface area contributed by atoms with Crippen LogP contribution in [-0.4, -0.2) is 34.7 Å². The highest BCUT2D eigenvalue weighted by atomic mass is 16.5. The van der Waals surface area contributed by atoms with Gasteiger partial charge in [0.2, 0.25) is 5.78 Å². The quantitative estimate of drug-likeness (QED) is 0.150. The van der Waals surface area contributed by atoms with Gasteiger partial charge in [0.1, 0.15) is 0 Å². The number of anilines is 1. The van der Waals surface area contributed by atoms with E-state index in [1.807, 2.05) is 12.1 Å². The lowest BCUT2D eigenvalue weighted by atomic mass is 10.0. The first-order valence-electron chi connectivity index (χ1n) is 12.7. The minimum Gasteiger partial charge on any atom is -0.451 e. The molecule has 1 aliphatic heterocycles. The first kappa shape index (κ1) is 24.9.